The zero-order valence-electron chi connectivity index (χ0n) is 18.3. The van der Waals surface area contributed by atoms with Gasteiger partial charge in [-0.15, -0.1) is 0 Å². The van der Waals surface area contributed by atoms with Gasteiger partial charge in [0.15, 0.2) is 0 Å². The first kappa shape index (κ1) is 22.1. The van der Waals surface area contributed by atoms with Crippen LogP contribution in [0.5, 0.6) is 0 Å². The Morgan fingerprint density at radius 2 is 2.03 bits per heavy atom. The lowest BCUT2D eigenvalue weighted by Gasteiger charge is -2.40. The number of alkyl halides is 1. The van der Waals surface area contributed by atoms with Gasteiger partial charge < -0.3 is 5.11 Å². The number of halogens is 1. The zero-order chi connectivity index (χ0) is 22.2. The summed E-state index contributed by atoms with van der Waals surface area (Å²) in [7, 11) is 0. The summed E-state index contributed by atoms with van der Waals surface area (Å²) in [5.74, 6) is 2.19. The van der Waals surface area contributed by atoms with Gasteiger partial charge in [-0.05, 0) is 76.2 Å². The second kappa shape index (κ2) is 9.26. The number of carboxylic acid groups (broad SMARTS) is 1. The molecule has 2 aliphatic carbocycles. The summed E-state index contributed by atoms with van der Waals surface area (Å²) in [6, 6.07) is 15.1. The number of rotatable bonds is 6. The van der Waals surface area contributed by atoms with Crippen molar-refractivity contribution < 1.29 is 14.5 Å². The normalized spacial score (nSPS) is 24.7. The number of para-hydroxylation sites is 1. The molecule has 3 nitrogen and oxygen atoms in total. The van der Waals surface area contributed by atoms with Crippen molar-refractivity contribution in [2.24, 2.45) is 11.8 Å². The number of carboxylic acids is 1. The van der Waals surface area contributed by atoms with E-state index in [1.54, 1.807) is 22.5 Å². The minimum atomic E-state index is -0.815. The van der Waals surface area contributed by atoms with Crippen LogP contribution < -0.4 is 4.57 Å². The highest BCUT2D eigenvalue weighted by atomic mass is 127. The highest BCUT2D eigenvalue weighted by Gasteiger charge is 2.42. The maximum Gasteiger partial charge on any atom is 0.370 e. The smallest absolute Gasteiger partial charge is 0.370 e. The van der Waals surface area contributed by atoms with E-state index in [1.165, 1.54) is 35.7 Å². The van der Waals surface area contributed by atoms with Gasteiger partial charge in [0, 0.05) is 12.1 Å². The Balaban J connectivity index is 1.49. The van der Waals surface area contributed by atoms with Crippen LogP contribution in [-0.4, -0.2) is 15.5 Å². The predicted octanol–water partition coefficient (Wildman–Crippen LogP) is 6.89. The maximum atomic E-state index is 11.5. The number of thiazole rings is 1. The van der Waals surface area contributed by atoms with E-state index in [1.807, 2.05) is 22.8 Å². The number of hydrogen-bond acceptors (Lipinski definition) is 2. The molecule has 0 radical (unpaired) electrons. The van der Waals surface area contributed by atoms with Crippen LogP contribution in [0.3, 0.4) is 0 Å². The van der Waals surface area contributed by atoms with Crippen LogP contribution in [-0.2, 0) is 11.3 Å². The summed E-state index contributed by atoms with van der Waals surface area (Å²) in [6.45, 7) is 2.42. The Morgan fingerprint density at radius 3 is 2.84 bits per heavy atom. The Hall–Kier alpha value is -1.73. The number of aromatic nitrogens is 1. The van der Waals surface area contributed by atoms with Crippen LogP contribution in [0.15, 0.2) is 42.5 Å². The third-order valence-corrected chi connectivity index (χ3v) is 9.31. The van der Waals surface area contributed by atoms with Crippen molar-refractivity contribution in [3.63, 3.8) is 0 Å². The van der Waals surface area contributed by atoms with Crippen molar-refractivity contribution in [1.29, 1.82) is 0 Å². The number of benzene rings is 2. The molecule has 32 heavy (non-hydrogen) atoms. The lowest BCUT2D eigenvalue weighted by molar-refractivity contribution is -0.657. The lowest BCUT2D eigenvalue weighted by atomic mass is 9.64. The summed E-state index contributed by atoms with van der Waals surface area (Å²) in [4.78, 5) is 11.5. The molecular formula is C27H29INO2S+. The van der Waals surface area contributed by atoms with Crippen molar-refractivity contribution >= 4 is 62.3 Å². The van der Waals surface area contributed by atoms with E-state index in [-0.39, 0.29) is 6.54 Å². The molecule has 166 valence electrons. The molecule has 0 spiro atoms. The van der Waals surface area contributed by atoms with E-state index in [4.69, 9.17) is 0 Å². The number of nitrogens with zero attached hydrogens (tertiary/aromatic N) is 1. The van der Waals surface area contributed by atoms with Crippen molar-refractivity contribution in [1.82, 2.24) is 0 Å². The Morgan fingerprint density at radius 1 is 1.19 bits per heavy atom. The van der Waals surface area contributed by atoms with Gasteiger partial charge in [-0.2, -0.15) is 4.57 Å². The second-order valence-electron chi connectivity index (χ2n) is 9.24. The van der Waals surface area contributed by atoms with Gasteiger partial charge in [-0.1, -0.05) is 77.6 Å². The number of aliphatic carboxylic acids is 1. The number of carbonyl (C=O) groups is 1. The van der Waals surface area contributed by atoms with Crippen LogP contribution in [0, 0.1) is 11.8 Å². The van der Waals surface area contributed by atoms with Crippen LogP contribution in [0.2, 0.25) is 0 Å². The van der Waals surface area contributed by atoms with Crippen molar-refractivity contribution in [3.05, 3.63) is 64.2 Å². The monoisotopic (exact) mass is 558 g/mol. The number of hydrogen-bond donors (Lipinski definition) is 1. The topological polar surface area (TPSA) is 41.2 Å². The molecule has 1 saturated carbocycles. The van der Waals surface area contributed by atoms with Gasteiger partial charge in [0.1, 0.15) is 4.70 Å². The molecule has 2 aliphatic rings. The molecule has 0 amide bonds. The van der Waals surface area contributed by atoms with Gasteiger partial charge in [0.05, 0.1) is 0 Å². The molecule has 1 aromatic heterocycles. The summed E-state index contributed by atoms with van der Waals surface area (Å²) >= 11 is 4.19. The molecule has 1 N–H and O–H groups in total. The first-order valence-electron chi connectivity index (χ1n) is 11.6. The molecule has 1 heterocycles. The van der Waals surface area contributed by atoms with Gasteiger partial charge >= 0.3 is 5.97 Å². The van der Waals surface area contributed by atoms with Crippen LogP contribution >= 0.6 is 33.9 Å². The third kappa shape index (κ3) is 4.03. The molecule has 0 saturated heterocycles. The van der Waals surface area contributed by atoms with Crippen LogP contribution in [0.4, 0.5) is 0 Å². The summed E-state index contributed by atoms with van der Waals surface area (Å²) < 4.78 is 4.27. The summed E-state index contributed by atoms with van der Waals surface area (Å²) in [5, 5.41) is 10.4. The Kier molecular flexibility index (Phi) is 6.39. The molecule has 1 fully saturated rings. The minimum absolute atomic E-state index is 0.0205. The zero-order valence-corrected chi connectivity index (χ0v) is 21.3. The molecule has 0 aliphatic heterocycles. The number of fused-ring (bicyclic) bond motifs is 4. The summed E-state index contributed by atoms with van der Waals surface area (Å²) in [6.07, 6.45) is 9.65. The fourth-order valence-corrected chi connectivity index (χ4v) is 7.94. The molecule has 4 unspecified atom stereocenters. The van der Waals surface area contributed by atoms with Crippen molar-refractivity contribution in [2.75, 3.05) is 4.43 Å². The van der Waals surface area contributed by atoms with Gasteiger partial charge in [-0.3, -0.25) is 0 Å². The van der Waals surface area contributed by atoms with E-state index in [0.717, 1.165) is 27.1 Å². The molecule has 0 bridgehead atoms. The molecule has 2 aromatic carbocycles. The molecule has 3 aromatic rings. The maximum absolute atomic E-state index is 11.5. The van der Waals surface area contributed by atoms with E-state index in [0.29, 0.717) is 11.8 Å². The third-order valence-electron chi connectivity index (χ3n) is 7.55. The summed E-state index contributed by atoms with van der Waals surface area (Å²) in [5.41, 5.74) is 5.33. The molecular weight excluding hydrogens is 529 g/mol. The van der Waals surface area contributed by atoms with Crippen LogP contribution in [0.1, 0.15) is 66.1 Å². The van der Waals surface area contributed by atoms with Gasteiger partial charge in [-0.25, -0.2) is 4.79 Å². The predicted molar refractivity (Wildman–Crippen MR) is 141 cm³/mol. The van der Waals surface area contributed by atoms with Crippen molar-refractivity contribution in [3.8, 4) is 0 Å². The quantitative estimate of drug-likeness (QED) is 0.204. The SMILES string of the molecule is CC1c2ccc(/C=C/c3sc4ccccc4[n+]3CC(=O)O)cc2C2CCCC2C1CCI. The van der Waals surface area contributed by atoms with Gasteiger partial charge in [0.25, 0.3) is 5.01 Å². The van der Waals surface area contributed by atoms with Gasteiger partial charge in [0.2, 0.25) is 12.1 Å². The minimum Gasteiger partial charge on any atom is -0.477 e. The standard InChI is InChI=1S/C27H28INO2S/c1-17-19-11-9-18(15-23(19)22-6-4-5-21(22)20(17)13-14-28)10-12-26-29(16-27(30)31)24-7-2-3-8-25(24)32-26/h2-3,7-12,15,17,20-22H,4-6,13-14,16H2,1H3/p+1/b12-10+. The second-order valence-corrected chi connectivity index (χ2v) is 11.4. The Bertz CT molecular complexity index is 1180. The fourth-order valence-electron chi connectivity index (χ4n) is 6.15. The van der Waals surface area contributed by atoms with E-state index < -0.39 is 5.97 Å². The molecule has 5 rings (SSSR count). The highest BCUT2D eigenvalue weighted by Crippen LogP contribution is 2.55. The average molecular weight is 559 g/mol. The fraction of sp³-hybridized carbons (Fsp3) is 0.407. The van der Waals surface area contributed by atoms with Crippen LogP contribution in [0.25, 0.3) is 22.4 Å². The lowest BCUT2D eigenvalue weighted by Crippen LogP contribution is -2.39. The van der Waals surface area contributed by atoms with E-state index >= 15 is 0 Å². The largest absolute Gasteiger partial charge is 0.477 e. The van der Waals surface area contributed by atoms with E-state index in [9.17, 15) is 9.90 Å². The Labute approximate surface area is 207 Å². The first-order chi connectivity index (χ1) is 15.6. The highest BCUT2D eigenvalue weighted by molar-refractivity contribution is 14.1. The molecule has 4 atom stereocenters. The van der Waals surface area contributed by atoms with E-state index in [2.05, 4.69) is 65.9 Å². The van der Waals surface area contributed by atoms with Crippen molar-refractivity contribution in [2.45, 2.75) is 51.0 Å². The average Bonchev–Trinajstić information content (AvgIpc) is 3.40. The molecule has 5 heteroatoms. The first-order valence-corrected chi connectivity index (χ1v) is 13.9.